The van der Waals surface area contributed by atoms with Crippen LogP contribution in [0, 0.1) is 0 Å². The van der Waals surface area contributed by atoms with Crippen LogP contribution in [0.15, 0.2) is 0 Å². The number of hydrogen-bond acceptors (Lipinski definition) is 3. The van der Waals surface area contributed by atoms with Crippen molar-refractivity contribution in [2.45, 2.75) is 11.8 Å². The van der Waals surface area contributed by atoms with Crippen LogP contribution < -0.4 is 0 Å². The molecule has 2 fully saturated rings. The molecular weight excluding hydrogens is 240 g/mol. The fourth-order valence-corrected chi connectivity index (χ4v) is 3.83. The van der Waals surface area contributed by atoms with Gasteiger partial charge in [-0.1, -0.05) is 0 Å². The number of morpholine rings is 1. The second-order valence-electron chi connectivity index (χ2n) is 3.76. The topological polar surface area (TPSA) is 49.9 Å². The molecule has 15 heavy (non-hydrogen) atoms. The molecule has 0 spiro atoms. The molecule has 5 nitrogen and oxygen atoms in total. The Morgan fingerprint density at radius 1 is 1.13 bits per heavy atom. The summed E-state index contributed by atoms with van der Waals surface area (Å²) in [7, 11) is -3.29. The zero-order valence-corrected chi connectivity index (χ0v) is 10.0. The highest BCUT2D eigenvalue weighted by Gasteiger charge is 2.35. The van der Waals surface area contributed by atoms with Crippen molar-refractivity contribution in [3.8, 4) is 0 Å². The molecule has 0 N–H and O–H groups in total. The maximum Gasteiger partial charge on any atom is 0.282 e. The summed E-state index contributed by atoms with van der Waals surface area (Å²) in [6, 6.07) is 0. The lowest BCUT2D eigenvalue weighted by atomic mass is 10.4. The monoisotopic (exact) mass is 254 g/mol. The zero-order chi connectivity index (χ0) is 10.9. The molecule has 0 aliphatic carbocycles. The van der Waals surface area contributed by atoms with Crippen molar-refractivity contribution in [2.75, 3.05) is 39.4 Å². The third-order valence-corrected chi connectivity index (χ3v) is 5.07. The predicted molar refractivity (Wildman–Crippen MR) is 57.1 cm³/mol. The third kappa shape index (κ3) is 2.45. The van der Waals surface area contributed by atoms with Gasteiger partial charge >= 0.3 is 0 Å². The highest BCUT2D eigenvalue weighted by atomic mass is 35.5. The normalized spacial score (nSPS) is 30.9. The first-order valence-electron chi connectivity index (χ1n) is 5.08. The van der Waals surface area contributed by atoms with Crippen LogP contribution in [-0.2, 0) is 14.9 Å². The van der Waals surface area contributed by atoms with Crippen molar-refractivity contribution in [1.29, 1.82) is 0 Å². The van der Waals surface area contributed by atoms with E-state index in [0.29, 0.717) is 39.4 Å². The second-order valence-corrected chi connectivity index (χ2v) is 6.31. The Balaban J connectivity index is 2.05. The molecule has 0 saturated carbocycles. The van der Waals surface area contributed by atoms with E-state index in [4.69, 9.17) is 16.3 Å². The first-order chi connectivity index (χ1) is 7.10. The van der Waals surface area contributed by atoms with Gasteiger partial charge in [0.15, 0.2) is 0 Å². The highest BCUT2D eigenvalue weighted by molar-refractivity contribution is 7.86. The van der Waals surface area contributed by atoms with Crippen LogP contribution in [0.2, 0.25) is 0 Å². The SMILES string of the molecule is O=S(=O)(N1CCOCC1)N1CCC(Cl)C1. The van der Waals surface area contributed by atoms with E-state index in [-0.39, 0.29) is 5.38 Å². The summed E-state index contributed by atoms with van der Waals surface area (Å²) in [5.41, 5.74) is 0. The molecule has 7 heteroatoms. The van der Waals surface area contributed by atoms with Crippen molar-refractivity contribution in [3.63, 3.8) is 0 Å². The van der Waals surface area contributed by atoms with Crippen molar-refractivity contribution in [2.24, 2.45) is 0 Å². The van der Waals surface area contributed by atoms with E-state index in [9.17, 15) is 8.42 Å². The van der Waals surface area contributed by atoms with Crippen LogP contribution in [0.5, 0.6) is 0 Å². The first kappa shape index (κ1) is 11.6. The van der Waals surface area contributed by atoms with Gasteiger partial charge in [0.25, 0.3) is 10.2 Å². The summed E-state index contributed by atoms with van der Waals surface area (Å²) >= 11 is 5.90. The maximum absolute atomic E-state index is 12.1. The molecule has 0 radical (unpaired) electrons. The zero-order valence-electron chi connectivity index (χ0n) is 8.43. The van der Waals surface area contributed by atoms with Crippen LogP contribution in [0.1, 0.15) is 6.42 Å². The van der Waals surface area contributed by atoms with Crippen molar-refractivity contribution in [1.82, 2.24) is 8.61 Å². The summed E-state index contributed by atoms with van der Waals surface area (Å²) in [6.07, 6.45) is 0.741. The van der Waals surface area contributed by atoms with Gasteiger partial charge in [-0.2, -0.15) is 17.0 Å². The number of alkyl halides is 1. The van der Waals surface area contributed by atoms with Gasteiger partial charge in [0.05, 0.1) is 13.2 Å². The van der Waals surface area contributed by atoms with Gasteiger partial charge < -0.3 is 4.74 Å². The van der Waals surface area contributed by atoms with Crippen molar-refractivity contribution in [3.05, 3.63) is 0 Å². The number of ether oxygens (including phenoxy) is 1. The summed E-state index contributed by atoms with van der Waals surface area (Å²) in [5, 5.41) is -0.0409. The maximum atomic E-state index is 12.1. The minimum atomic E-state index is -3.29. The Kier molecular flexibility index (Phi) is 3.52. The quantitative estimate of drug-likeness (QED) is 0.646. The largest absolute Gasteiger partial charge is 0.379 e. The molecule has 0 aromatic rings. The minimum Gasteiger partial charge on any atom is -0.379 e. The molecule has 1 unspecified atom stereocenters. The van der Waals surface area contributed by atoms with E-state index < -0.39 is 10.2 Å². The molecular formula is C8H15ClN2O3S. The average Bonchev–Trinajstić information content (AvgIpc) is 2.67. The molecule has 2 saturated heterocycles. The van der Waals surface area contributed by atoms with Crippen molar-refractivity contribution >= 4 is 21.8 Å². The molecule has 0 aromatic carbocycles. The molecule has 2 heterocycles. The van der Waals surface area contributed by atoms with Crippen molar-refractivity contribution < 1.29 is 13.2 Å². The van der Waals surface area contributed by atoms with E-state index in [1.165, 1.54) is 8.61 Å². The van der Waals surface area contributed by atoms with Crippen LogP contribution in [0.4, 0.5) is 0 Å². The molecule has 0 amide bonds. The van der Waals surface area contributed by atoms with Gasteiger partial charge in [-0.15, -0.1) is 11.6 Å². The fraction of sp³-hybridized carbons (Fsp3) is 1.00. The van der Waals surface area contributed by atoms with E-state index in [1.807, 2.05) is 0 Å². The van der Waals surface area contributed by atoms with Crippen LogP contribution in [0.3, 0.4) is 0 Å². The summed E-state index contributed by atoms with van der Waals surface area (Å²) < 4.78 is 32.2. The molecule has 2 rings (SSSR count). The number of rotatable bonds is 2. The molecule has 1 atom stereocenters. The first-order valence-corrected chi connectivity index (χ1v) is 6.91. The number of halogens is 1. The van der Waals surface area contributed by atoms with E-state index in [1.54, 1.807) is 0 Å². The van der Waals surface area contributed by atoms with Gasteiger partial charge in [0.2, 0.25) is 0 Å². The average molecular weight is 255 g/mol. The second kappa shape index (κ2) is 4.55. The Bertz CT molecular complexity index is 305. The lowest BCUT2D eigenvalue weighted by Gasteiger charge is -2.29. The van der Waals surface area contributed by atoms with Crippen LogP contribution in [-0.4, -0.2) is 61.8 Å². The molecule has 2 aliphatic heterocycles. The Hall–Kier alpha value is 0.120. The van der Waals surface area contributed by atoms with Gasteiger partial charge in [0, 0.05) is 31.6 Å². The molecule has 0 bridgehead atoms. The van der Waals surface area contributed by atoms with Crippen LogP contribution >= 0.6 is 11.6 Å². The Morgan fingerprint density at radius 3 is 2.33 bits per heavy atom. The predicted octanol–water partition coefficient (Wildman–Crippen LogP) is -0.123. The van der Waals surface area contributed by atoms with E-state index in [2.05, 4.69) is 0 Å². The summed E-state index contributed by atoms with van der Waals surface area (Å²) in [4.78, 5) is 0. The summed E-state index contributed by atoms with van der Waals surface area (Å²) in [5.74, 6) is 0. The molecule has 0 aromatic heterocycles. The standard InChI is InChI=1S/C8H15ClN2O3S/c9-8-1-2-11(7-8)15(12,13)10-3-5-14-6-4-10/h8H,1-7H2. The van der Waals surface area contributed by atoms with Gasteiger partial charge in [-0.3, -0.25) is 0 Å². The van der Waals surface area contributed by atoms with Gasteiger partial charge in [-0.25, -0.2) is 0 Å². The Morgan fingerprint density at radius 2 is 1.80 bits per heavy atom. The highest BCUT2D eigenvalue weighted by Crippen LogP contribution is 2.20. The van der Waals surface area contributed by atoms with E-state index >= 15 is 0 Å². The smallest absolute Gasteiger partial charge is 0.282 e. The van der Waals surface area contributed by atoms with Gasteiger partial charge in [-0.05, 0) is 6.42 Å². The minimum absolute atomic E-state index is 0.0409. The number of hydrogen-bond donors (Lipinski definition) is 0. The molecule has 88 valence electrons. The van der Waals surface area contributed by atoms with Gasteiger partial charge in [0.1, 0.15) is 0 Å². The third-order valence-electron chi connectivity index (χ3n) is 2.72. The lowest BCUT2D eigenvalue weighted by Crippen LogP contribution is -2.47. The van der Waals surface area contributed by atoms with Crippen LogP contribution in [0.25, 0.3) is 0 Å². The fourth-order valence-electron chi connectivity index (χ4n) is 1.84. The molecule has 2 aliphatic rings. The number of nitrogens with zero attached hydrogens (tertiary/aromatic N) is 2. The lowest BCUT2D eigenvalue weighted by molar-refractivity contribution is 0.0706. The Labute approximate surface area is 95.1 Å². The van der Waals surface area contributed by atoms with E-state index in [0.717, 1.165) is 6.42 Å². The summed E-state index contributed by atoms with van der Waals surface area (Å²) in [6.45, 7) is 2.83.